The van der Waals surface area contributed by atoms with Gasteiger partial charge in [0.15, 0.2) is 5.78 Å². The van der Waals surface area contributed by atoms with Crippen LogP contribution in [-0.2, 0) is 6.42 Å². The van der Waals surface area contributed by atoms with Gasteiger partial charge in [-0.15, -0.1) is 0 Å². The van der Waals surface area contributed by atoms with Gasteiger partial charge < -0.3 is 15.3 Å². The fourth-order valence-corrected chi connectivity index (χ4v) is 1.82. The Hall–Kier alpha value is -1.97. The summed E-state index contributed by atoms with van der Waals surface area (Å²) in [5.74, 6) is -1.24. The minimum atomic E-state index is -0.380. The molecule has 0 aliphatic heterocycles. The zero-order chi connectivity index (χ0) is 14.6. The van der Waals surface area contributed by atoms with Gasteiger partial charge in [-0.2, -0.15) is 0 Å². The molecule has 0 unspecified atom stereocenters. The summed E-state index contributed by atoms with van der Waals surface area (Å²) in [5, 5.41) is 29.6. The molecule has 0 spiro atoms. The van der Waals surface area contributed by atoms with Gasteiger partial charge in [0.25, 0.3) is 0 Å². The Morgan fingerprint density at radius 1 is 1.21 bits per heavy atom. The first kappa shape index (κ1) is 15.1. The maximum absolute atomic E-state index is 11.9. The molecule has 4 nitrogen and oxygen atoms in total. The SMILES string of the molecule is CCCC(=O)c1c(O)cc(O)c(CC=C(C)C)c1O. The van der Waals surface area contributed by atoms with Crippen molar-refractivity contribution in [3.05, 3.63) is 28.8 Å². The zero-order valence-electron chi connectivity index (χ0n) is 11.5. The van der Waals surface area contributed by atoms with Crippen LogP contribution in [-0.4, -0.2) is 21.1 Å². The minimum absolute atomic E-state index is 0.100. The molecule has 0 amide bonds. The van der Waals surface area contributed by atoms with Crippen molar-refractivity contribution < 1.29 is 20.1 Å². The highest BCUT2D eigenvalue weighted by Crippen LogP contribution is 2.38. The van der Waals surface area contributed by atoms with Crippen LogP contribution in [0.3, 0.4) is 0 Å². The molecule has 0 aromatic heterocycles. The number of phenolic OH excluding ortho intramolecular Hbond substituents is 3. The lowest BCUT2D eigenvalue weighted by Gasteiger charge is -2.12. The Balaban J connectivity index is 3.30. The van der Waals surface area contributed by atoms with Crippen LogP contribution in [0.25, 0.3) is 0 Å². The lowest BCUT2D eigenvalue weighted by Crippen LogP contribution is -2.01. The van der Waals surface area contributed by atoms with E-state index >= 15 is 0 Å². The van der Waals surface area contributed by atoms with E-state index in [1.807, 2.05) is 26.8 Å². The molecule has 3 N–H and O–H groups in total. The van der Waals surface area contributed by atoms with E-state index in [0.29, 0.717) is 12.8 Å². The number of ketones is 1. The number of rotatable bonds is 5. The molecular weight excluding hydrogens is 244 g/mol. The number of Topliss-reactive ketones (excluding diaryl/α,β-unsaturated/α-hetero) is 1. The summed E-state index contributed by atoms with van der Waals surface area (Å²) in [5.41, 5.74) is 1.20. The number of aromatic hydroxyl groups is 3. The molecule has 0 radical (unpaired) electrons. The number of carbonyl (C=O) groups is 1. The van der Waals surface area contributed by atoms with Crippen LogP contribution in [0.5, 0.6) is 17.2 Å². The number of carbonyl (C=O) groups excluding carboxylic acids is 1. The van der Waals surface area contributed by atoms with Crippen molar-refractivity contribution in [2.45, 2.75) is 40.0 Å². The average Bonchev–Trinajstić information content (AvgIpc) is 2.27. The second-order valence-electron chi connectivity index (χ2n) is 4.78. The summed E-state index contributed by atoms with van der Waals surface area (Å²) in [6, 6.07) is 1.11. The predicted molar refractivity (Wildman–Crippen MR) is 73.8 cm³/mol. The Labute approximate surface area is 113 Å². The van der Waals surface area contributed by atoms with E-state index in [4.69, 9.17) is 0 Å². The van der Waals surface area contributed by atoms with Gasteiger partial charge in [0.1, 0.15) is 22.8 Å². The molecule has 0 atom stereocenters. The van der Waals surface area contributed by atoms with Gasteiger partial charge >= 0.3 is 0 Å². The third kappa shape index (κ3) is 3.50. The van der Waals surface area contributed by atoms with Gasteiger partial charge in [-0.25, -0.2) is 0 Å². The Morgan fingerprint density at radius 2 is 1.84 bits per heavy atom. The number of benzene rings is 1. The second kappa shape index (κ2) is 6.27. The van der Waals surface area contributed by atoms with Crippen LogP contribution < -0.4 is 0 Å². The maximum Gasteiger partial charge on any atom is 0.170 e. The lowest BCUT2D eigenvalue weighted by molar-refractivity contribution is 0.0976. The number of allylic oxidation sites excluding steroid dienone is 2. The van der Waals surface area contributed by atoms with Crippen molar-refractivity contribution in [1.29, 1.82) is 0 Å². The highest BCUT2D eigenvalue weighted by molar-refractivity contribution is 6.01. The van der Waals surface area contributed by atoms with Gasteiger partial charge in [-0.1, -0.05) is 18.6 Å². The second-order valence-corrected chi connectivity index (χ2v) is 4.78. The largest absolute Gasteiger partial charge is 0.507 e. The molecule has 0 aliphatic carbocycles. The summed E-state index contributed by atoms with van der Waals surface area (Å²) >= 11 is 0. The summed E-state index contributed by atoms with van der Waals surface area (Å²) in [6.07, 6.45) is 3.02. The van der Waals surface area contributed by atoms with Crippen molar-refractivity contribution in [1.82, 2.24) is 0 Å². The molecule has 1 aromatic rings. The van der Waals surface area contributed by atoms with E-state index < -0.39 is 0 Å². The lowest BCUT2D eigenvalue weighted by atomic mass is 9.98. The fourth-order valence-electron chi connectivity index (χ4n) is 1.82. The Bertz CT molecular complexity index is 511. The molecule has 0 saturated heterocycles. The van der Waals surface area contributed by atoms with Crippen molar-refractivity contribution in [3.63, 3.8) is 0 Å². The highest BCUT2D eigenvalue weighted by Gasteiger charge is 2.21. The fraction of sp³-hybridized carbons (Fsp3) is 0.400. The van der Waals surface area contributed by atoms with Crippen LogP contribution >= 0.6 is 0 Å². The molecule has 104 valence electrons. The van der Waals surface area contributed by atoms with E-state index in [0.717, 1.165) is 11.6 Å². The maximum atomic E-state index is 11.9. The number of hydrogen-bond acceptors (Lipinski definition) is 4. The van der Waals surface area contributed by atoms with Gasteiger partial charge in [-0.05, 0) is 26.7 Å². The molecule has 0 aliphatic rings. The molecule has 0 bridgehead atoms. The summed E-state index contributed by atoms with van der Waals surface area (Å²) < 4.78 is 0. The highest BCUT2D eigenvalue weighted by atomic mass is 16.3. The molecule has 0 fully saturated rings. The zero-order valence-corrected chi connectivity index (χ0v) is 11.5. The van der Waals surface area contributed by atoms with E-state index in [9.17, 15) is 20.1 Å². The predicted octanol–water partition coefficient (Wildman–Crippen LogP) is 3.29. The Morgan fingerprint density at radius 3 is 2.37 bits per heavy atom. The third-order valence-corrected chi connectivity index (χ3v) is 2.83. The van der Waals surface area contributed by atoms with Crippen LogP contribution in [0, 0.1) is 0 Å². The molecule has 0 heterocycles. The van der Waals surface area contributed by atoms with Crippen molar-refractivity contribution >= 4 is 5.78 Å². The van der Waals surface area contributed by atoms with Crippen LogP contribution in [0.15, 0.2) is 17.7 Å². The van der Waals surface area contributed by atoms with E-state index in [1.165, 1.54) is 0 Å². The molecule has 0 saturated carbocycles. The molecule has 19 heavy (non-hydrogen) atoms. The first-order chi connectivity index (χ1) is 8.88. The molecule has 1 aromatic carbocycles. The normalized spacial score (nSPS) is 10.3. The first-order valence-corrected chi connectivity index (χ1v) is 6.31. The summed E-state index contributed by atoms with van der Waals surface area (Å²) in [7, 11) is 0. The third-order valence-electron chi connectivity index (χ3n) is 2.83. The first-order valence-electron chi connectivity index (χ1n) is 6.31. The average molecular weight is 264 g/mol. The standard InChI is InChI=1S/C15H20O4/c1-4-5-11(16)14-13(18)8-12(17)10(15(14)19)7-6-9(2)3/h6,8,17-19H,4-5,7H2,1-3H3. The Kier molecular flexibility index (Phi) is 4.98. The van der Waals surface area contributed by atoms with Gasteiger partial charge in [0, 0.05) is 18.1 Å². The monoisotopic (exact) mass is 264 g/mol. The smallest absolute Gasteiger partial charge is 0.170 e. The van der Waals surface area contributed by atoms with Gasteiger partial charge in [0.2, 0.25) is 0 Å². The quantitative estimate of drug-likeness (QED) is 0.563. The molecule has 4 heteroatoms. The van der Waals surface area contributed by atoms with E-state index in [1.54, 1.807) is 0 Å². The van der Waals surface area contributed by atoms with Crippen LogP contribution in [0.4, 0.5) is 0 Å². The van der Waals surface area contributed by atoms with Crippen LogP contribution in [0.2, 0.25) is 0 Å². The van der Waals surface area contributed by atoms with Crippen LogP contribution in [0.1, 0.15) is 49.5 Å². The van der Waals surface area contributed by atoms with Gasteiger partial charge in [-0.3, -0.25) is 4.79 Å². The van der Waals surface area contributed by atoms with E-state index in [-0.39, 0.29) is 40.6 Å². The van der Waals surface area contributed by atoms with Crippen molar-refractivity contribution in [3.8, 4) is 17.2 Å². The number of phenols is 3. The van der Waals surface area contributed by atoms with Crippen molar-refractivity contribution in [2.24, 2.45) is 0 Å². The van der Waals surface area contributed by atoms with E-state index in [2.05, 4.69) is 0 Å². The minimum Gasteiger partial charge on any atom is -0.507 e. The van der Waals surface area contributed by atoms with Crippen molar-refractivity contribution in [2.75, 3.05) is 0 Å². The summed E-state index contributed by atoms with van der Waals surface area (Å²) in [6.45, 7) is 5.64. The molecular formula is C15H20O4. The number of hydrogen-bond donors (Lipinski definition) is 3. The summed E-state index contributed by atoms with van der Waals surface area (Å²) in [4.78, 5) is 11.9. The topological polar surface area (TPSA) is 77.8 Å². The van der Waals surface area contributed by atoms with Gasteiger partial charge in [0.05, 0.1) is 0 Å². The molecule has 1 rings (SSSR count).